The second kappa shape index (κ2) is 8.96. The maximum absolute atomic E-state index is 12.6. The van der Waals surface area contributed by atoms with Gasteiger partial charge in [0.25, 0.3) is 0 Å². The Morgan fingerprint density at radius 1 is 1.33 bits per heavy atom. The van der Waals surface area contributed by atoms with E-state index in [1.54, 1.807) is 4.90 Å². The lowest BCUT2D eigenvalue weighted by molar-refractivity contribution is -0.145. The maximum atomic E-state index is 12.6. The zero-order valence-electron chi connectivity index (χ0n) is 15.4. The summed E-state index contributed by atoms with van der Waals surface area (Å²) in [5, 5.41) is 19.2. The van der Waals surface area contributed by atoms with Crippen molar-refractivity contribution in [2.45, 2.75) is 39.2 Å². The summed E-state index contributed by atoms with van der Waals surface area (Å²) in [4.78, 5) is 30.0. The van der Waals surface area contributed by atoms with E-state index >= 15 is 0 Å². The van der Waals surface area contributed by atoms with Gasteiger partial charge in [-0.15, -0.1) is 12.4 Å². The molecule has 1 aliphatic rings. The first-order chi connectivity index (χ1) is 12.4. The summed E-state index contributed by atoms with van der Waals surface area (Å²) in [5.41, 5.74) is 2.34. The van der Waals surface area contributed by atoms with E-state index in [1.807, 2.05) is 32.0 Å². The van der Waals surface area contributed by atoms with E-state index in [4.69, 9.17) is 0 Å². The number of likely N-dealkylation sites (tertiary alicyclic amines) is 1. The molecule has 9 heteroatoms. The number of carbonyl (C=O) groups is 2. The summed E-state index contributed by atoms with van der Waals surface area (Å²) in [6.07, 6.45) is 2.36. The molecular formula is C18H24ClN5O3. The van der Waals surface area contributed by atoms with Gasteiger partial charge in [-0.3, -0.25) is 19.6 Å². The highest BCUT2D eigenvalue weighted by Gasteiger charge is 2.29. The lowest BCUT2D eigenvalue weighted by Gasteiger charge is -2.32. The number of rotatable bonds is 5. The van der Waals surface area contributed by atoms with Crippen molar-refractivity contribution < 1.29 is 14.7 Å². The summed E-state index contributed by atoms with van der Waals surface area (Å²) < 4.78 is 0. The number of aryl methyl sites for hydroxylation is 2. The third-order valence-corrected chi connectivity index (χ3v) is 4.53. The van der Waals surface area contributed by atoms with Gasteiger partial charge in [-0.05, 0) is 50.9 Å². The van der Waals surface area contributed by atoms with Crippen LogP contribution in [0.4, 0.5) is 5.69 Å². The number of halogens is 1. The summed E-state index contributed by atoms with van der Waals surface area (Å²) >= 11 is 0. The van der Waals surface area contributed by atoms with Gasteiger partial charge in [0.2, 0.25) is 5.91 Å². The molecule has 1 aliphatic heterocycles. The number of piperidine rings is 1. The van der Waals surface area contributed by atoms with Crippen LogP contribution in [0.25, 0.3) is 11.4 Å². The zero-order chi connectivity index (χ0) is 18.7. The van der Waals surface area contributed by atoms with Crippen molar-refractivity contribution >= 4 is 30.0 Å². The number of nitrogens with zero attached hydrogens (tertiary/aromatic N) is 3. The van der Waals surface area contributed by atoms with Crippen molar-refractivity contribution in [1.82, 2.24) is 20.1 Å². The molecule has 1 atom stereocenters. The number of hydrogen-bond donors (Lipinski definition) is 3. The topological polar surface area (TPSA) is 111 Å². The number of H-pyrrole nitrogens is 1. The fourth-order valence-electron chi connectivity index (χ4n) is 3.25. The number of aliphatic carboxylic acids is 1. The standard InChI is InChI=1S/C18H23N5O3.ClH/c1-11-6-7-13(17-19-12(2)21-22-17)14(9-11)20-16(24)10-23-8-4-3-5-15(23)18(25)26;/h6-7,9,15H,3-5,8,10H2,1-2H3,(H,20,24)(H,25,26)(H,19,21,22);1H. The Balaban J connectivity index is 0.00000261. The number of nitrogens with one attached hydrogen (secondary N) is 2. The predicted molar refractivity (Wildman–Crippen MR) is 104 cm³/mol. The highest BCUT2D eigenvalue weighted by molar-refractivity contribution is 5.96. The number of hydrogen-bond acceptors (Lipinski definition) is 5. The van der Waals surface area contributed by atoms with E-state index in [1.165, 1.54) is 0 Å². The molecule has 27 heavy (non-hydrogen) atoms. The van der Waals surface area contributed by atoms with Crippen molar-refractivity contribution in [2.75, 3.05) is 18.4 Å². The molecule has 0 aliphatic carbocycles. The molecule has 1 unspecified atom stereocenters. The number of aromatic amines is 1. The van der Waals surface area contributed by atoms with Gasteiger partial charge in [-0.1, -0.05) is 12.5 Å². The van der Waals surface area contributed by atoms with Gasteiger partial charge < -0.3 is 10.4 Å². The number of carboxylic acid groups (broad SMARTS) is 1. The fraction of sp³-hybridized carbons (Fsp3) is 0.444. The van der Waals surface area contributed by atoms with Crippen LogP contribution in [0.1, 0.15) is 30.7 Å². The average Bonchev–Trinajstić information content (AvgIpc) is 3.01. The fourth-order valence-corrected chi connectivity index (χ4v) is 3.25. The largest absolute Gasteiger partial charge is 0.480 e. The molecule has 3 N–H and O–H groups in total. The van der Waals surface area contributed by atoms with E-state index in [9.17, 15) is 14.7 Å². The Morgan fingerprint density at radius 2 is 2.11 bits per heavy atom. The summed E-state index contributed by atoms with van der Waals surface area (Å²) in [6.45, 7) is 4.42. The Hall–Kier alpha value is -2.45. The molecule has 146 valence electrons. The Bertz CT molecular complexity index is 823. The minimum atomic E-state index is -0.870. The molecule has 0 bridgehead atoms. The maximum Gasteiger partial charge on any atom is 0.320 e. The first-order valence-electron chi connectivity index (χ1n) is 8.71. The highest BCUT2D eigenvalue weighted by atomic mass is 35.5. The van der Waals surface area contributed by atoms with Crippen molar-refractivity contribution in [1.29, 1.82) is 0 Å². The molecule has 2 aromatic rings. The van der Waals surface area contributed by atoms with Gasteiger partial charge in [0.15, 0.2) is 5.82 Å². The van der Waals surface area contributed by atoms with Crippen LogP contribution in [-0.2, 0) is 9.59 Å². The Kier molecular flexibility index (Phi) is 6.92. The summed E-state index contributed by atoms with van der Waals surface area (Å²) in [5.74, 6) is 0.0943. The van der Waals surface area contributed by atoms with Crippen LogP contribution in [0.15, 0.2) is 18.2 Å². The van der Waals surface area contributed by atoms with Crippen LogP contribution < -0.4 is 5.32 Å². The summed E-state index contributed by atoms with van der Waals surface area (Å²) in [6, 6.07) is 5.07. The zero-order valence-corrected chi connectivity index (χ0v) is 16.2. The molecule has 3 rings (SSSR count). The van der Waals surface area contributed by atoms with Crippen LogP contribution in [0.5, 0.6) is 0 Å². The first-order valence-corrected chi connectivity index (χ1v) is 8.71. The van der Waals surface area contributed by atoms with Crippen molar-refractivity contribution in [3.8, 4) is 11.4 Å². The molecule has 0 saturated carbocycles. The number of amides is 1. The van der Waals surface area contributed by atoms with Crippen LogP contribution in [-0.4, -0.2) is 56.2 Å². The van der Waals surface area contributed by atoms with Crippen LogP contribution in [0.2, 0.25) is 0 Å². The molecule has 1 amide bonds. The summed E-state index contributed by atoms with van der Waals surface area (Å²) in [7, 11) is 0. The molecule has 2 heterocycles. The van der Waals surface area contributed by atoms with Crippen molar-refractivity contribution in [3.63, 3.8) is 0 Å². The molecule has 1 saturated heterocycles. The second-order valence-corrected chi connectivity index (χ2v) is 6.66. The number of carbonyl (C=O) groups excluding carboxylic acids is 1. The molecular weight excluding hydrogens is 370 g/mol. The van der Waals surface area contributed by atoms with Gasteiger partial charge in [0.05, 0.1) is 12.2 Å². The van der Waals surface area contributed by atoms with E-state index in [2.05, 4.69) is 20.5 Å². The predicted octanol–water partition coefficient (Wildman–Crippen LogP) is 2.39. The van der Waals surface area contributed by atoms with Gasteiger partial charge in [0.1, 0.15) is 11.9 Å². The second-order valence-electron chi connectivity index (χ2n) is 6.66. The smallest absolute Gasteiger partial charge is 0.320 e. The molecule has 1 fully saturated rings. The van der Waals surface area contributed by atoms with Crippen LogP contribution in [0.3, 0.4) is 0 Å². The number of carboxylic acids is 1. The van der Waals surface area contributed by atoms with Crippen molar-refractivity contribution in [2.24, 2.45) is 0 Å². The lowest BCUT2D eigenvalue weighted by Crippen LogP contribution is -2.47. The third-order valence-electron chi connectivity index (χ3n) is 4.53. The SMILES string of the molecule is Cc1ccc(-c2n[nH]c(C)n2)c(NC(=O)CN2CCCCC2C(=O)O)c1.Cl. The number of benzene rings is 1. The molecule has 1 aromatic carbocycles. The minimum Gasteiger partial charge on any atom is -0.480 e. The van der Waals surface area contributed by atoms with E-state index in [-0.39, 0.29) is 24.9 Å². The van der Waals surface area contributed by atoms with Crippen LogP contribution >= 0.6 is 12.4 Å². The number of anilines is 1. The Morgan fingerprint density at radius 3 is 2.78 bits per heavy atom. The normalized spacial score (nSPS) is 17.2. The van der Waals surface area contributed by atoms with Gasteiger partial charge >= 0.3 is 5.97 Å². The molecule has 1 aromatic heterocycles. The van der Waals surface area contributed by atoms with Gasteiger partial charge in [-0.2, -0.15) is 5.10 Å². The molecule has 8 nitrogen and oxygen atoms in total. The average molecular weight is 394 g/mol. The lowest BCUT2D eigenvalue weighted by atomic mass is 10.0. The Labute approximate surface area is 163 Å². The monoisotopic (exact) mass is 393 g/mol. The van der Waals surface area contributed by atoms with Crippen LogP contribution in [0, 0.1) is 13.8 Å². The molecule has 0 spiro atoms. The number of aromatic nitrogens is 3. The van der Waals surface area contributed by atoms with Gasteiger partial charge in [-0.25, -0.2) is 4.98 Å². The van der Waals surface area contributed by atoms with E-state index < -0.39 is 12.0 Å². The van der Waals surface area contributed by atoms with E-state index in [0.717, 1.165) is 24.0 Å². The minimum absolute atomic E-state index is 0. The van der Waals surface area contributed by atoms with E-state index in [0.29, 0.717) is 30.3 Å². The van der Waals surface area contributed by atoms with Crippen molar-refractivity contribution in [3.05, 3.63) is 29.6 Å². The quantitative estimate of drug-likeness (QED) is 0.719. The first kappa shape index (κ1) is 20.9. The highest BCUT2D eigenvalue weighted by Crippen LogP contribution is 2.26. The third kappa shape index (κ3) is 5.05. The molecule has 0 radical (unpaired) electrons. The van der Waals surface area contributed by atoms with Gasteiger partial charge in [0, 0.05) is 5.56 Å².